The van der Waals surface area contributed by atoms with Gasteiger partial charge in [-0.25, -0.2) is 0 Å². The van der Waals surface area contributed by atoms with Gasteiger partial charge in [0.05, 0.1) is 11.6 Å². The lowest BCUT2D eigenvalue weighted by molar-refractivity contribution is -0.119. The van der Waals surface area contributed by atoms with Crippen LogP contribution in [0.3, 0.4) is 0 Å². The Balaban J connectivity index is 2.59. The summed E-state index contributed by atoms with van der Waals surface area (Å²) in [6.45, 7) is 6.13. The third kappa shape index (κ3) is 4.28. The number of amides is 1. The van der Waals surface area contributed by atoms with E-state index in [4.69, 9.17) is 5.26 Å². The fourth-order valence-corrected chi connectivity index (χ4v) is 1.71. The zero-order valence-corrected chi connectivity index (χ0v) is 10.5. The fourth-order valence-electron chi connectivity index (χ4n) is 1.71. The summed E-state index contributed by atoms with van der Waals surface area (Å²) in [5.74, 6) is 0.547. The Morgan fingerprint density at radius 2 is 1.88 bits per heavy atom. The average Bonchev–Trinajstić information content (AvgIpc) is 2.29. The van der Waals surface area contributed by atoms with Gasteiger partial charge in [0.15, 0.2) is 0 Å². The highest BCUT2D eigenvalue weighted by molar-refractivity contribution is 5.92. The van der Waals surface area contributed by atoms with Gasteiger partial charge in [-0.2, -0.15) is 5.26 Å². The molecule has 1 unspecified atom stereocenters. The molecule has 17 heavy (non-hydrogen) atoms. The van der Waals surface area contributed by atoms with Gasteiger partial charge in [0.2, 0.25) is 5.91 Å². The van der Waals surface area contributed by atoms with Crippen LogP contribution in [-0.4, -0.2) is 5.91 Å². The quantitative estimate of drug-likeness (QED) is 0.863. The highest BCUT2D eigenvalue weighted by atomic mass is 16.1. The van der Waals surface area contributed by atoms with E-state index in [2.05, 4.69) is 19.2 Å². The zero-order valence-electron chi connectivity index (χ0n) is 10.5. The maximum absolute atomic E-state index is 11.8. The molecule has 0 bridgehead atoms. The molecule has 1 N–H and O–H groups in total. The first-order chi connectivity index (χ1) is 8.02. The normalized spacial score (nSPS) is 11.9. The molecule has 1 amide bonds. The monoisotopic (exact) mass is 230 g/mol. The Morgan fingerprint density at radius 3 is 2.35 bits per heavy atom. The lowest BCUT2D eigenvalue weighted by atomic mass is 9.98. The maximum atomic E-state index is 11.8. The Morgan fingerprint density at radius 1 is 1.29 bits per heavy atom. The van der Waals surface area contributed by atoms with Gasteiger partial charge in [0.25, 0.3) is 0 Å². The highest BCUT2D eigenvalue weighted by Gasteiger charge is 2.14. The SMILES string of the molecule is CC(C)CC(C)C(=O)Nc1ccc(C#N)cc1. The number of nitriles is 1. The molecule has 0 radical (unpaired) electrons. The van der Waals surface area contributed by atoms with Crippen molar-refractivity contribution >= 4 is 11.6 Å². The van der Waals surface area contributed by atoms with E-state index in [1.807, 2.05) is 13.0 Å². The van der Waals surface area contributed by atoms with Crippen molar-refractivity contribution in [3.05, 3.63) is 29.8 Å². The lowest BCUT2D eigenvalue weighted by Crippen LogP contribution is -2.21. The van der Waals surface area contributed by atoms with E-state index in [0.717, 1.165) is 12.1 Å². The van der Waals surface area contributed by atoms with Crippen LogP contribution < -0.4 is 5.32 Å². The van der Waals surface area contributed by atoms with Crippen molar-refractivity contribution in [2.45, 2.75) is 27.2 Å². The van der Waals surface area contributed by atoms with Crippen LogP contribution in [0.5, 0.6) is 0 Å². The minimum atomic E-state index is 0.00523. The van der Waals surface area contributed by atoms with Gasteiger partial charge >= 0.3 is 0 Å². The van der Waals surface area contributed by atoms with Gasteiger partial charge < -0.3 is 5.32 Å². The summed E-state index contributed by atoms with van der Waals surface area (Å²) in [6.07, 6.45) is 0.877. The van der Waals surface area contributed by atoms with Crippen molar-refractivity contribution < 1.29 is 4.79 Å². The van der Waals surface area contributed by atoms with E-state index in [0.29, 0.717) is 11.5 Å². The van der Waals surface area contributed by atoms with Gasteiger partial charge in [-0.3, -0.25) is 4.79 Å². The van der Waals surface area contributed by atoms with Crippen LogP contribution >= 0.6 is 0 Å². The van der Waals surface area contributed by atoms with Gasteiger partial charge in [0.1, 0.15) is 0 Å². The molecule has 1 atom stereocenters. The first-order valence-electron chi connectivity index (χ1n) is 5.84. The van der Waals surface area contributed by atoms with E-state index in [1.54, 1.807) is 24.3 Å². The number of hydrogen-bond donors (Lipinski definition) is 1. The summed E-state index contributed by atoms with van der Waals surface area (Å²) >= 11 is 0. The molecule has 0 aliphatic rings. The fraction of sp³-hybridized carbons (Fsp3) is 0.429. The molecular weight excluding hydrogens is 212 g/mol. The summed E-state index contributed by atoms with van der Waals surface area (Å²) in [7, 11) is 0. The molecule has 3 heteroatoms. The smallest absolute Gasteiger partial charge is 0.227 e. The molecule has 1 aromatic rings. The van der Waals surface area contributed by atoms with Gasteiger partial charge in [0, 0.05) is 11.6 Å². The van der Waals surface area contributed by atoms with Crippen LogP contribution in [0.4, 0.5) is 5.69 Å². The summed E-state index contributed by atoms with van der Waals surface area (Å²) in [4.78, 5) is 11.8. The summed E-state index contributed by atoms with van der Waals surface area (Å²) in [6, 6.07) is 8.94. The number of nitrogens with zero attached hydrogens (tertiary/aromatic N) is 1. The minimum Gasteiger partial charge on any atom is -0.326 e. The summed E-state index contributed by atoms with van der Waals surface area (Å²) < 4.78 is 0. The number of rotatable bonds is 4. The van der Waals surface area contributed by atoms with E-state index in [9.17, 15) is 4.79 Å². The molecule has 90 valence electrons. The number of carbonyl (C=O) groups is 1. The molecule has 0 aromatic heterocycles. The van der Waals surface area contributed by atoms with E-state index in [1.165, 1.54) is 0 Å². The first-order valence-corrected chi connectivity index (χ1v) is 5.84. The molecule has 0 aliphatic heterocycles. The minimum absolute atomic E-state index is 0.00523. The first kappa shape index (κ1) is 13.2. The highest BCUT2D eigenvalue weighted by Crippen LogP contribution is 2.15. The second-order valence-electron chi connectivity index (χ2n) is 4.71. The van der Waals surface area contributed by atoms with Crippen LogP contribution in [0.1, 0.15) is 32.8 Å². The van der Waals surface area contributed by atoms with Gasteiger partial charge in [-0.1, -0.05) is 20.8 Å². The third-order valence-corrected chi connectivity index (χ3v) is 2.55. The van der Waals surface area contributed by atoms with E-state index in [-0.39, 0.29) is 11.8 Å². The van der Waals surface area contributed by atoms with Crippen LogP contribution in [0, 0.1) is 23.2 Å². The number of carbonyl (C=O) groups excluding carboxylic acids is 1. The summed E-state index contributed by atoms with van der Waals surface area (Å²) in [5.41, 5.74) is 1.34. The predicted molar refractivity (Wildman–Crippen MR) is 68.4 cm³/mol. The van der Waals surface area contributed by atoms with Crippen LogP contribution in [0.15, 0.2) is 24.3 Å². The Hall–Kier alpha value is -1.82. The van der Waals surface area contributed by atoms with E-state index >= 15 is 0 Å². The lowest BCUT2D eigenvalue weighted by Gasteiger charge is -2.14. The second-order valence-corrected chi connectivity index (χ2v) is 4.71. The standard InChI is InChI=1S/C14H18N2O/c1-10(2)8-11(3)14(17)16-13-6-4-12(9-15)5-7-13/h4-7,10-11H,8H2,1-3H3,(H,16,17). The number of anilines is 1. The Labute approximate surface area is 102 Å². The molecule has 3 nitrogen and oxygen atoms in total. The largest absolute Gasteiger partial charge is 0.326 e. The number of benzene rings is 1. The molecule has 0 aliphatic carbocycles. The number of nitrogens with one attached hydrogen (secondary N) is 1. The Kier molecular flexibility index (Phi) is 4.71. The molecular formula is C14H18N2O. The number of hydrogen-bond acceptors (Lipinski definition) is 2. The summed E-state index contributed by atoms with van der Waals surface area (Å²) in [5, 5.41) is 11.5. The maximum Gasteiger partial charge on any atom is 0.227 e. The average molecular weight is 230 g/mol. The third-order valence-electron chi connectivity index (χ3n) is 2.55. The molecule has 0 saturated heterocycles. The van der Waals surface area contributed by atoms with Gasteiger partial charge in [-0.15, -0.1) is 0 Å². The van der Waals surface area contributed by atoms with E-state index < -0.39 is 0 Å². The molecule has 0 fully saturated rings. The molecule has 0 heterocycles. The molecule has 0 saturated carbocycles. The topological polar surface area (TPSA) is 52.9 Å². The van der Waals surface area contributed by atoms with Gasteiger partial charge in [-0.05, 0) is 36.6 Å². The van der Waals surface area contributed by atoms with Crippen molar-refractivity contribution in [2.24, 2.45) is 11.8 Å². The zero-order chi connectivity index (χ0) is 12.8. The second kappa shape index (κ2) is 6.05. The molecule has 1 aromatic carbocycles. The Bertz CT molecular complexity index is 415. The van der Waals surface area contributed by atoms with Crippen molar-refractivity contribution in [2.75, 3.05) is 5.32 Å². The van der Waals surface area contributed by atoms with Crippen LogP contribution in [0.2, 0.25) is 0 Å². The molecule has 1 rings (SSSR count). The van der Waals surface area contributed by atoms with Crippen LogP contribution in [-0.2, 0) is 4.79 Å². The predicted octanol–water partition coefficient (Wildman–Crippen LogP) is 3.18. The van der Waals surface area contributed by atoms with Crippen molar-refractivity contribution in [1.29, 1.82) is 5.26 Å². The van der Waals surface area contributed by atoms with Crippen molar-refractivity contribution in [1.82, 2.24) is 0 Å². The van der Waals surface area contributed by atoms with Crippen LogP contribution in [0.25, 0.3) is 0 Å². The molecule has 0 spiro atoms. The van der Waals surface area contributed by atoms with Crippen molar-refractivity contribution in [3.63, 3.8) is 0 Å². The van der Waals surface area contributed by atoms with Crippen molar-refractivity contribution in [3.8, 4) is 6.07 Å².